The molecule has 130 valence electrons. The minimum absolute atomic E-state index is 0.178. The summed E-state index contributed by atoms with van der Waals surface area (Å²) in [7, 11) is 0. The topological polar surface area (TPSA) is 66.5 Å². The van der Waals surface area contributed by atoms with Crippen molar-refractivity contribution in [3.05, 3.63) is 59.7 Å². The Morgan fingerprint density at radius 3 is 2.36 bits per heavy atom. The third kappa shape index (κ3) is 4.69. The van der Waals surface area contributed by atoms with E-state index >= 15 is 0 Å². The maximum absolute atomic E-state index is 13.6. The van der Waals surface area contributed by atoms with Crippen molar-refractivity contribution in [2.75, 3.05) is 16.8 Å². The fraction of sp³-hybridized carbons (Fsp3) is 0.167. The van der Waals surface area contributed by atoms with E-state index in [0.29, 0.717) is 17.3 Å². The average molecular weight is 346 g/mol. The molecule has 0 aromatic heterocycles. The quantitative estimate of drug-likeness (QED) is 0.846. The second-order valence-corrected chi connectivity index (χ2v) is 5.38. The van der Waals surface area contributed by atoms with Crippen LogP contribution in [0.2, 0.25) is 0 Å². The highest BCUT2D eigenvalue weighted by Crippen LogP contribution is 2.18. The lowest BCUT2D eigenvalue weighted by Gasteiger charge is -2.21. The highest BCUT2D eigenvalue weighted by Gasteiger charge is 2.18. The Bertz CT molecular complexity index is 837. The summed E-state index contributed by atoms with van der Waals surface area (Å²) in [5.74, 6) is -2.93. The number of ketones is 1. The third-order valence-corrected chi connectivity index (χ3v) is 3.45. The molecule has 7 heteroatoms. The molecule has 0 saturated carbocycles. The van der Waals surface area contributed by atoms with Gasteiger partial charge in [0.2, 0.25) is 11.8 Å². The zero-order valence-electron chi connectivity index (χ0n) is 13.7. The molecule has 0 aliphatic carbocycles. The molecule has 0 saturated heterocycles. The molecular formula is C18H16F2N2O3. The minimum Gasteiger partial charge on any atom is -0.322 e. The lowest BCUT2D eigenvalue weighted by Crippen LogP contribution is -2.36. The Morgan fingerprint density at radius 2 is 1.76 bits per heavy atom. The van der Waals surface area contributed by atoms with Crippen molar-refractivity contribution in [3.8, 4) is 0 Å². The van der Waals surface area contributed by atoms with Crippen molar-refractivity contribution in [2.45, 2.75) is 13.8 Å². The van der Waals surface area contributed by atoms with E-state index in [9.17, 15) is 23.2 Å². The summed E-state index contributed by atoms with van der Waals surface area (Å²) in [6, 6.07) is 9.02. The van der Waals surface area contributed by atoms with Gasteiger partial charge in [-0.2, -0.15) is 0 Å². The van der Waals surface area contributed by atoms with Gasteiger partial charge in [-0.05, 0) is 31.2 Å². The van der Waals surface area contributed by atoms with Gasteiger partial charge < -0.3 is 10.2 Å². The van der Waals surface area contributed by atoms with E-state index in [1.165, 1.54) is 19.9 Å². The van der Waals surface area contributed by atoms with E-state index in [0.717, 1.165) is 17.0 Å². The van der Waals surface area contributed by atoms with Crippen LogP contribution < -0.4 is 10.2 Å². The highest BCUT2D eigenvalue weighted by atomic mass is 19.1. The van der Waals surface area contributed by atoms with Crippen LogP contribution in [-0.2, 0) is 9.59 Å². The van der Waals surface area contributed by atoms with E-state index in [2.05, 4.69) is 5.32 Å². The number of halogens is 2. The molecular weight excluding hydrogens is 330 g/mol. The number of hydrogen-bond acceptors (Lipinski definition) is 3. The number of carbonyl (C=O) groups is 3. The van der Waals surface area contributed by atoms with Crippen LogP contribution in [0.15, 0.2) is 42.5 Å². The first-order chi connectivity index (χ1) is 11.8. The molecule has 5 nitrogen and oxygen atoms in total. The summed E-state index contributed by atoms with van der Waals surface area (Å²) in [6.07, 6.45) is 0. The minimum atomic E-state index is -0.915. The number of Topliss-reactive ketones (excluding diaryl/α,β-unsaturated/α-hetero) is 1. The van der Waals surface area contributed by atoms with Gasteiger partial charge in [-0.1, -0.05) is 12.1 Å². The van der Waals surface area contributed by atoms with E-state index in [1.807, 2.05) is 0 Å². The molecule has 0 heterocycles. The molecule has 0 aliphatic rings. The van der Waals surface area contributed by atoms with Gasteiger partial charge in [0.25, 0.3) is 0 Å². The standard InChI is InChI=1S/C18H16F2N2O3/c1-11(23)13-4-3-5-15(8-13)22(12(2)24)10-18(25)21-17-7-6-14(19)9-16(17)20/h3-9H,10H2,1-2H3,(H,21,25). The first kappa shape index (κ1) is 18.3. The number of nitrogens with zero attached hydrogens (tertiary/aromatic N) is 1. The number of rotatable bonds is 5. The van der Waals surface area contributed by atoms with Gasteiger partial charge in [0, 0.05) is 24.2 Å². The predicted octanol–water partition coefficient (Wildman–Crippen LogP) is 3.16. The summed E-state index contributed by atoms with van der Waals surface area (Å²) < 4.78 is 26.5. The average Bonchev–Trinajstić information content (AvgIpc) is 2.55. The number of amides is 2. The molecule has 0 bridgehead atoms. The lowest BCUT2D eigenvalue weighted by atomic mass is 10.1. The monoisotopic (exact) mass is 346 g/mol. The van der Waals surface area contributed by atoms with E-state index in [-0.39, 0.29) is 18.0 Å². The van der Waals surface area contributed by atoms with Crippen LogP contribution in [0.4, 0.5) is 20.2 Å². The predicted molar refractivity (Wildman–Crippen MR) is 89.5 cm³/mol. The zero-order valence-corrected chi connectivity index (χ0v) is 13.7. The maximum atomic E-state index is 13.6. The molecule has 2 aromatic rings. The van der Waals surface area contributed by atoms with Gasteiger partial charge in [0.1, 0.15) is 18.2 Å². The van der Waals surface area contributed by atoms with Crippen molar-refractivity contribution in [2.24, 2.45) is 0 Å². The Balaban J connectivity index is 2.18. The fourth-order valence-corrected chi connectivity index (χ4v) is 2.20. The van der Waals surface area contributed by atoms with Crippen LogP contribution in [0.25, 0.3) is 0 Å². The number of hydrogen-bond donors (Lipinski definition) is 1. The van der Waals surface area contributed by atoms with Crippen molar-refractivity contribution in [1.29, 1.82) is 0 Å². The van der Waals surface area contributed by atoms with Crippen molar-refractivity contribution in [1.82, 2.24) is 0 Å². The van der Waals surface area contributed by atoms with E-state index < -0.39 is 23.4 Å². The fourth-order valence-electron chi connectivity index (χ4n) is 2.20. The third-order valence-electron chi connectivity index (χ3n) is 3.45. The Labute approximate surface area is 143 Å². The SMILES string of the molecule is CC(=O)c1cccc(N(CC(=O)Nc2ccc(F)cc2F)C(C)=O)c1. The Kier molecular flexibility index (Phi) is 5.59. The van der Waals surface area contributed by atoms with Crippen molar-refractivity contribution < 1.29 is 23.2 Å². The van der Waals surface area contributed by atoms with Gasteiger partial charge in [0.15, 0.2) is 5.78 Å². The Morgan fingerprint density at radius 1 is 1.04 bits per heavy atom. The van der Waals surface area contributed by atoms with Crippen molar-refractivity contribution >= 4 is 29.0 Å². The molecule has 0 radical (unpaired) electrons. The van der Waals surface area contributed by atoms with Gasteiger partial charge >= 0.3 is 0 Å². The van der Waals surface area contributed by atoms with Crippen LogP contribution in [-0.4, -0.2) is 24.1 Å². The van der Waals surface area contributed by atoms with Gasteiger partial charge in [-0.25, -0.2) is 8.78 Å². The van der Waals surface area contributed by atoms with Crippen LogP contribution in [0.3, 0.4) is 0 Å². The molecule has 2 aromatic carbocycles. The lowest BCUT2D eigenvalue weighted by molar-refractivity contribution is -0.120. The molecule has 25 heavy (non-hydrogen) atoms. The maximum Gasteiger partial charge on any atom is 0.244 e. The van der Waals surface area contributed by atoms with Crippen LogP contribution in [0, 0.1) is 11.6 Å². The van der Waals surface area contributed by atoms with Gasteiger partial charge in [0.05, 0.1) is 5.69 Å². The summed E-state index contributed by atoms with van der Waals surface area (Å²) in [5.41, 5.74) is 0.580. The molecule has 0 unspecified atom stereocenters. The summed E-state index contributed by atoms with van der Waals surface area (Å²) in [4.78, 5) is 36.6. The molecule has 1 N–H and O–H groups in total. The number of nitrogens with one attached hydrogen (secondary N) is 1. The number of carbonyl (C=O) groups excluding carboxylic acids is 3. The van der Waals surface area contributed by atoms with E-state index in [1.54, 1.807) is 18.2 Å². The Hall–Kier alpha value is -3.09. The zero-order chi connectivity index (χ0) is 18.6. The smallest absolute Gasteiger partial charge is 0.244 e. The van der Waals surface area contributed by atoms with Crippen LogP contribution in [0.1, 0.15) is 24.2 Å². The summed E-state index contributed by atoms with van der Waals surface area (Å²) >= 11 is 0. The molecule has 2 amide bonds. The second kappa shape index (κ2) is 7.65. The molecule has 0 aliphatic heterocycles. The molecule has 0 atom stereocenters. The van der Waals surface area contributed by atoms with Crippen LogP contribution in [0.5, 0.6) is 0 Å². The van der Waals surface area contributed by atoms with Gasteiger partial charge in [-0.3, -0.25) is 14.4 Å². The molecule has 2 rings (SSSR count). The van der Waals surface area contributed by atoms with Crippen LogP contribution >= 0.6 is 0 Å². The molecule has 0 spiro atoms. The number of benzene rings is 2. The first-order valence-electron chi connectivity index (χ1n) is 7.42. The number of anilines is 2. The first-order valence-corrected chi connectivity index (χ1v) is 7.42. The van der Waals surface area contributed by atoms with Crippen molar-refractivity contribution in [3.63, 3.8) is 0 Å². The summed E-state index contributed by atoms with van der Waals surface area (Å²) in [6.45, 7) is 2.28. The molecule has 0 fully saturated rings. The van der Waals surface area contributed by atoms with E-state index in [4.69, 9.17) is 0 Å². The van der Waals surface area contributed by atoms with Gasteiger partial charge in [-0.15, -0.1) is 0 Å². The second-order valence-electron chi connectivity index (χ2n) is 5.38. The summed E-state index contributed by atoms with van der Waals surface area (Å²) in [5, 5.41) is 2.29. The largest absolute Gasteiger partial charge is 0.322 e. The highest BCUT2D eigenvalue weighted by molar-refractivity contribution is 6.03. The normalized spacial score (nSPS) is 10.2.